The van der Waals surface area contributed by atoms with Crippen molar-refractivity contribution in [1.82, 2.24) is 0 Å². The second kappa shape index (κ2) is 8.16. The van der Waals surface area contributed by atoms with E-state index in [0.29, 0.717) is 19.4 Å². The molecule has 0 spiro atoms. The number of benzene rings is 1. The summed E-state index contributed by atoms with van der Waals surface area (Å²) >= 11 is 0. The maximum atomic E-state index is 10.5. The highest BCUT2D eigenvalue weighted by Crippen LogP contribution is 2.19. The molecule has 0 fully saturated rings. The average Bonchev–Trinajstić information content (AvgIpc) is 2.41. The first-order valence-electron chi connectivity index (χ1n) is 6.52. The predicted octanol–water partition coefficient (Wildman–Crippen LogP) is 1.83. The standard InChI is InChI=1S/C14H20N2O4/c15-12(6-7-14(19)20)10-3-1-4-11(9-10)16-8-2-5-13(17)18/h1,3-4,9,12,16H,2,5-8,15H2,(H,17,18)(H,19,20). The topological polar surface area (TPSA) is 113 Å². The number of carbonyl (C=O) groups is 2. The molecule has 1 atom stereocenters. The fourth-order valence-corrected chi connectivity index (χ4v) is 1.80. The molecule has 1 aromatic carbocycles. The summed E-state index contributed by atoms with van der Waals surface area (Å²) in [5.74, 6) is -1.67. The van der Waals surface area contributed by atoms with Gasteiger partial charge in [0.05, 0.1) is 0 Å². The lowest BCUT2D eigenvalue weighted by molar-refractivity contribution is -0.138. The molecule has 1 unspecified atom stereocenters. The molecule has 0 radical (unpaired) electrons. The lowest BCUT2D eigenvalue weighted by Gasteiger charge is -2.13. The van der Waals surface area contributed by atoms with Crippen LogP contribution in [0.3, 0.4) is 0 Å². The second-order valence-corrected chi connectivity index (χ2v) is 4.59. The van der Waals surface area contributed by atoms with E-state index in [-0.39, 0.29) is 18.9 Å². The largest absolute Gasteiger partial charge is 0.481 e. The number of aliphatic carboxylic acids is 2. The van der Waals surface area contributed by atoms with Crippen LogP contribution in [0.5, 0.6) is 0 Å². The lowest BCUT2D eigenvalue weighted by Crippen LogP contribution is -2.13. The van der Waals surface area contributed by atoms with Crippen LogP contribution in [0.1, 0.15) is 37.3 Å². The normalized spacial score (nSPS) is 11.8. The molecule has 6 nitrogen and oxygen atoms in total. The number of anilines is 1. The Kier molecular flexibility index (Phi) is 6.52. The van der Waals surface area contributed by atoms with Gasteiger partial charge in [0.2, 0.25) is 0 Å². The van der Waals surface area contributed by atoms with Crippen molar-refractivity contribution in [2.75, 3.05) is 11.9 Å². The van der Waals surface area contributed by atoms with Gasteiger partial charge >= 0.3 is 11.9 Å². The summed E-state index contributed by atoms with van der Waals surface area (Å²) in [6, 6.07) is 7.12. The van der Waals surface area contributed by atoms with Crippen LogP contribution in [0.2, 0.25) is 0 Å². The highest BCUT2D eigenvalue weighted by atomic mass is 16.4. The van der Waals surface area contributed by atoms with Gasteiger partial charge in [-0.25, -0.2) is 0 Å². The molecular weight excluding hydrogens is 260 g/mol. The monoisotopic (exact) mass is 280 g/mol. The van der Waals surface area contributed by atoms with E-state index < -0.39 is 11.9 Å². The first-order valence-corrected chi connectivity index (χ1v) is 6.52. The Morgan fingerprint density at radius 2 is 1.90 bits per heavy atom. The third-order valence-electron chi connectivity index (χ3n) is 2.88. The first kappa shape index (κ1) is 16.0. The van der Waals surface area contributed by atoms with Crippen LogP contribution in [0.15, 0.2) is 24.3 Å². The van der Waals surface area contributed by atoms with Crippen LogP contribution in [0, 0.1) is 0 Å². The smallest absolute Gasteiger partial charge is 0.303 e. The quantitative estimate of drug-likeness (QED) is 0.513. The molecule has 0 bridgehead atoms. The molecule has 0 aliphatic heterocycles. The molecule has 0 aliphatic carbocycles. The summed E-state index contributed by atoms with van der Waals surface area (Å²) in [7, 11) is 0. The Labute approximate surface area is 117 Å². The Bertz CT molecular complexity index is 462. The van der Waals surface area contributed by atoms with Gasteiger partial charge in [0.1, 0.15) is 0 Å². The van der Waals surface area contributed by atoms with E-state index in [1.54, 1.807) is 0 Å². The molecule has 6 heteroatoms. The highest BCUT2D eigenvalue weighted by molar-refractivity contribution is 5.67. The molecule has 0 saturated heterocycles. The third-order valence-corrected chi connectivity index (χ3v) is 2.88. The summed E-state index contributed by atoms with van der Waals surface area (Å²) in [5, 5.41) is 20.3. The minimum atomic E-state index is -0.858. The van der Waals surface area contributed by atoms with E-state index in [4.69, 9.17) is 15.9 Å². The van der Waals surface area contributed by atoms with E-state index in [0.717, 1.165) is 11.3 Å². The lowest BCUT2D eigenvalue weighted by atomic mass is 10.0. The number of nitrogens with one attached hydrogen (secondary N) is 1. The van der Waals surface area contributed by atoms with Gasteiger partial charge in [0, 0.05) is 31.1 Å². The Hall–Kier alpha value is -2.08. The van der Waals surface area contributed by atoms with Crippen LogP contribution < -0.4 is 11.1 Å². The number of rotatable bonds is 9. The fraction of sp³-hybridized carbons (Fsp3) is 0.429. The van der Waals surface area contributed by atoms with Crippen LogP contribution >= 0.6 is 0 Å². The van der Waals surface area contributed by atoms with E-state index in [1.165, 1.54) is 0 Å². The number of carboxylic acids is 2. The van der Waals surface area contributed by atoms with Crippen LogP contribution in [-0.4, -0.2) is 28.7 Å². The van der Waals surface area contributed by atoms with Gasteiger partial charge in [-0.2, -0.15) is 0 Å². The SMILES string of the molecule is NC(CCC(=O)O)c1cccc(NCCCC(=O)O)c1. The molecule has 5 N–H and O–H groups in total. The van der Waals surface area contributed by atoms with Gasteiger partial charge in [0.15, 0.2) is 0 Å². The summed E-state index contributed by atoms with van der Waals surface area (Å²) in [6.07, 6.45) is 1.10. The molecule has 110 valence electrons. The van der Waals surface area contributed by atoms with E-state index in [2.05, 4.69) is 5.32 Å². The summed E-state index contributed by atoms with van der Waals surface area (Å²) in [4.78, 5) is 20.9. The van der Waals surface area contributed by atoms with Gasteiger partial charge in [-0.15, -0.1) is 0 Å². The average molecular weight is 280 g/mol. The Morgan fingerprint density at radius 1 is 1.20 bits per heavy atom. The van der Waals surface area contributed by atoms with Crippen molar-refractivity contribution in [3.63, 3.8) is 0 Å². The van der Waals surface area contributed by atoms with Crippen molar-refractivity contribution in [1.29, 1.82) is 0 Å². The fourth-order valence-electron chi connectivity index (χ4n) is 1.80. The number of nitrogens with two attached hydrogens (primary N) is 1. The molecule has 0 saturated carbocycles. The molecule has 0 heterocycles. The zero-order chi connectivity index (χ0) is 15.0. The van der Waals surface area contributed by atoms with E-state index in [1.807, 2.05) is 24.3 Å². The van der Waals surface area contributed by atoms with Crippen molar-refractivity contribution >= 4 is 17.6 Å². The van der Waals surface area contributed by atoms with Crippen LogP contribution in [0.25, 0.3) is 0 Å². The molecule has 0 amide bonds. The predicted molar refractivity (Wildman–Crippen MR) is 75.6 cm³/mol. The maximum absolute atomic E-state index is 10.5. The second-order valence-electron chi connectivity index (χ2n) is 4.59. The van der Waals surface area contributed by atoms with Crippen molar-refractivity contribution < 1.29 is 19.8 Å². The van der Waals surface area contributed by atoms with Crippen molar-refractivity contribution in [3.8, 4) is 0 Å². The van der Waals surface area contributed by atoms with Crippen molar-refractivity contribution in [3.05, 3.63) is 29.8 Å². The summed E-state index contributed by atoms with van der Waals surface area (Å²) in [5.41, 5.74) is 7.67. The minimum absolute atomic E-state index is 0.0391. The molecular formula is C14H20N2O4. The van der Waals surface area contributed by atoms with Gasteiger partial charge in [-0.3, -0.25) is 9.59 Å². The van der Waals surface area contributed by atoms with Gasteiger partial charge < -0.3 is 21.3 Å². The van der Waals surface area contributed by atoms with Crippen molar-refractivity contribution in [2.24, 2.45) is 5.73 Å². The highest BCUT2D eigenvalue weighted by Gasteiger charge is 2.09. The Morgan fingerprint density at radius 3 is 2.55 bits per heavy atom. The van der Waals surface area contributed by atoms with E-state index >= 15 is 0 Å². The molecule has 0 aliphatic rings. The summed E-state index contributed by atoms with van der Waals surface area (Å²) < 4.78 is 0. The van der Waals surface area contributed by atoms with Crippen LogP contribution in [0.4, 0.5) is 5.69 Å². The third kappa shape index (κ3) is 6.19. The first-order chi connectivity index (χ1) is 9.49. The number of hydrogen-bond acceptors (Lipinski definition) is 4. The van der Waals surface area contributed by atoms with Crippen LogP contribution in [-0.2, 0) is 9.59 Å². The molecule has 20 heavy (non-hydrogen) atoms. The van der Waals surface area contributed by atoms with Gasteiger partial charge in [-0.05, 0) is 30.5 Å². The summed E-state index contributed by atoms with van der Waals surface area (Å²) in [6.45, 7) is 0.570. The zero-order valence-corrected chi connectivity index (χ0v) is 11.2. The molecule has 0 aromatic heterocycles. The van der Waals surface area contributed by atoms with Gasteiger partial charge in [-0.1, -0.05) is 12.1 Å². The van der Waals surface area contributed by atoms with Crippen molar-refractivity contribution in [2.45, 2.75) is 31.7 Å². The number of hydrogen-bond donors (Lipinski definition) is 4. The van der Waals surface area contributed by atoms with Gasteiger partial charge in [0.25, 0.3) is 0 Å². The number of carboxylic acid groups (broad SMARTS) is 2. The zero-order valence-electron chi connectivity index (χ0n) is 11.2. The maximum Gasteiger partial charge on any atom is 0.303 e. The minimum Gasteiger partial charge on any atom is -0.481 e. The Balaban J connectivity index is 2.48. The molecule has 1 rings (SSSR count). The van der Waals surface area contributed by atoms with E-state index in [9.17, 15) is 9.59 Å². The molecule has 1 aromatic rings.